The van der Waals surface area contributed by atoms with Crippen molar-refractivity contribution in [3.8, 4) is 16.9 Å². The maximum atomic E-state index is 12.3. The van der Waals surface area contributed by atoms with Crippen molar-refractivity contribution < 1.29 is 14.3 Å². The van der Waals surface area contributed by atoms with Gasteiger partial charge in [0.25, 0.3) is 0 Å². The van der Waals surface area contributed by atoms with Gasteiger partial charge in [-0.1, -0.05) is 66.7 Å². The molecule has 3 aromatic rings. The monoisotopic (exact) mass is 361 g/mol. The second-order valence-corrected chi connectivity index (χ2v) is 6.29. The van der Waals surface area contributed by atoms with Crippen molar-refractivity contribution >= 4 is 5.97 Å². The Labute approximate surface area is 159 Å². The number of hydrogen-bond acceptors (Lipinski definition) is 4. The van der Waals surface area contributed by atoms with Crippen LogP contribution in [0.15, 0.2) is 78.9 Å². The molecule has 1 atom stereocenters. The van der Waals surface area contributed by atoms with Gasteiger partial charge in [-0.05, 0) is 40.8 Å². The van der Waals surface area contributed by atoms with Crippen LogP contribution in [0.1, 0.15) is 11.1 Å². The summed E-state index contributed by atoms with van der Waals surface area (Å²) in [6.07, 6.45) is 0.370. The minimum absolute atomic E-state index is 0.219. The first-order chi connectivity index (χ1) is 13.2. The summed E-state index contributed by atoms with van der Waals surface area (Å²) < 4.78 is 10.7. The summed E-state index contributed by atoms with van der Waals surface area (Å²) in [5.41, 5.74) is 10.1. The predicted octanol–water partition coefficient (Wildman–Crippen LogP) is 3.98. The maximum Gasteiger partial charge on any atom is 0.323 e. The molecule has 0 saturated heterocycles. The molecule has 4 heteroatoms. The lowest BCUT2D eigenvalue weighted by molar-refractivity contribution is -0.146. The van der Waals surface area contributed by atoms with Crippen LogP contribution in [0.4, 0.5) is 0 Å². The molecule has 0 unspecified atom stereocenters. The minimum atomic E-state index is -0.747. The van der Waals surface area contributed by atoms with E-state index in [9.17, 15) is 4.79 Å². The average Bonchev–Trinajstić information content (AvgIpc) is 2.73. The van der Waals surface area contributed by atoms with Crippen molar-refractivity contribution in [3.63, 3.8) is 0 Å². The summed E-state index contributed by atoms with van der Waals surface area (Å²) in [4.78, 5) is 12.3. The molecule has 0 aliphatic carbocycles. The highest BCUT2D eigenvalue weighted by Gasteiger charge is 2.18. The number of rotatable bonds is 7. The fourth-order valence-corrected chi connectivity index (χ4v) is 2.92. The molecule has 0 spiro atoms. The fraction of sp³-hybridized carbons (Fsp3) is 0.174. The molecule has 0 fully saturated rings. The van der Waals surface area contributed by atoms with E-state index in [0.29, 0.717) is 6.42 Å². The van der Waals surface area contributed by atoms with Crippen LogP contribution in [-0.2, 0) is 22.6 Å². The molecule has 0 radical (unpaired) electrons. The molecule has 2 N–H and O–H groups in total. The van der Waals surface area contributed by atoms with Crippen LogP contribution in [0, 0.1) is 0 Å². The maximum absolute atomic E-state index is 12.3. The summed E-state index contributed by atoms with van der Waals surface area (Å²) in [7, 11) is 1.62. The number of hydrogen-bond donors (Lipinski definition) is 1. The van der Waals surface area contributed by atoms with Crippen molar-refractivity contribution in [2.24, 2.45) is 5.73 Å². The lowest BCUT2D eigenvalue weighted by atomic mass is 9.95. The molecule has 27 heavy (non-hydrogen) atoms. The number of benzene rings is 3. The van der Waals surface area contributed by atoms with Gasteiger partial charge in [-0.3, -0.25) is 4.79 Å². The lowest BCUT2D eigenvalue weighted by Gasteiger charge is -2.16. The third-order valence-corrected chi connectivity index (χ3v) is 4.36. The van der Waals surface area contributed by atoms with Gasteiger partial charge in [0.1, 0.15) is 18.4 Å². The van der Waals surface area contributed by atoms with Gasteiger partial charge in [-0.15, -0.1) is 0 Å². The zero-order valence-corrected chi connectivity index (χ0v) is 15.3. The van der Waals surface area contributed by atoms with Crippen molar-refractivity contribution in [1.82, 2.24) is 0 Å². The van der Waals surface area contributed by atoms with Crippen LogP contribution in [0.3, 0.4) is 0 Å². The Hall–Kier alpha value is -3.11. The standard InChI is InChI=1S/C23H23NO3/c1-26-20-12-13-21(18-10-6-3-7-11-18)19(14-20)15-22(24)23(25)27-16-17-8-4-2-5-9-17/h2-14,22H,15-16,24H2,1H3/t22-/m0/s1. The smallest absolute Gasteiger partial charge is 0.323 e. The molecule has 3 aromatic carbocycles. The number of nitrogens with two attached hydrogens (primary N) is 1. The van der Waals surface area contributed by atoms with E-state index in [1.807, 2.05) is 78.9 Å². The first kappa shape index (κ1) is 18.7. The number of carbonyl (C=O) groups is 1. The zero-order valence-electron chi connectivity index (χ0n) is 15.3. The van der Waals surface area contributed by atoms with Gasteiger partial charge >= 0.3 is 5.97 Å². The van der Waals surface area contributed by atoms with E-state index in [4.69, 9.17) is 15.2 Å². The lowest BCUT2D eigenvalue weighted by Crippen LogP contribution is -2.34. The zero-order chi connectivity index (χ0) is 19.1. The van der Waals surface area contributed by atoms with Crippen LogP contribution < -0.4 is 10.5 Å². The van der Waals surface area contributed by atoms with Crippen molar-refractivity contribution in [1.29, 1.82) is 0 Å². The number of carbonyl (C=O) groups excluding carboxylic acids is 1. The van der Waals surface area contributed by atoms with Gasteiger partial charge < -0.3 is 15.2 Å². The van der Waals surface area contributed by atoms with Crippen LogP contribution in [0.2, 0.25) is 0 Å². The fourth-order valence-electron chi connectivity index (χ4n) is 2.92. The molecule has 0 amide bonds. The second-order valence-electron chi connectivity index (χ2n) is 6.29. The highest BCUT2D eigenvalue weighted by atomic mass is 16.5. The first-order valence-electron chi connectivity index (χ1n) is 8.86. The Morgan fingerprint density at radius 1 is 0.963 bits per heavy atom. The van der Waals surface area contributed by atoms with E-state index in [1.165, 1.54) is 0 Å². The molecule has 138 valence electrons. The van der Waals surface area contributed by atoms with Gasteiger partial charge in [0.15, 0.2) is 0 Å². The van der Waals surface area contributed by atoms with Crippen molar-refractivity contribution in [2.45, 2.75) is 19.1 Å². The Balaban J connectivity index is 1.74. The molecular formula is C23H23NO3. The van der Waals surface area contributed by atoms with E-state index in [-0.39, 0.29) is 6.61 Å². The van der Waals surface area contributed by atoms with Gasteiger partial charge in [0.05, 0.1) is 7.11 Å². The number of methoxy groups -OCH3 is 1. The largest absolute Gasteiger partial charge is 0.497 e. The molecule has 0 saturated carbocycles. The van der Waals surface area contributed by atoms with Crippen LogP contribution >= 0.6 is 0 Å². The molecule has 0 aliphatic heterocycles. The normalized spacial score (nSPS) is 11.6. The summed E-state index contributed by atoms with van der Waals surface area (Å²) in [6.45, 7) is 0.219. The third-order valence-electron chi connectivity index (χ3n) is 4.36. The molecule has 0 heterocycles. The SMILES string of the molecule is COc1ccc(-c2ccccc2)c(C[C@H](N)C(=O)OCc2ccccc2)c1. The quantitative estimate of drug-likeness (QED) is 0.647. The third kappa shape index (κ3) is 4.96. The summed E-state index contributed by atoms with van der Waals surface area (Å²) in [5, 5.41) is 0. The minimum Gasteiger partial charge on any atom is -0.497 e. The highest BCUT2D eigenvalue weighted by Crippen LogP contribution is 2.28. The van der Waals surface area contributed by atoms with Crippen molar-refractivity contribution in [2.75, 3.05) is 7.11 Å². The summed E-state index contributed by atoms with van der Waals surface area (Å²) in [5.74, 6) is 0.315. The van der Waals surface area contributed by atoms with Crippen LogP contribution in [-0.4, -0.2) is 19.1 Å². The van der Waals surface area contributed by atoms with Gasteiger partial charge in [-0.25, -0.2) is 0 Å². The Morgan fingerprint density at radius 2 is 1.63 bits per heavy atom. The first-order valence-corrected chi connectivity index (χ1v) is 8.86. The van der Waals surface area contributed by atoms with Crippen LogP contribution in [0.5, 0.6) is 5.75 Å². The second kappa shape index (κ2) is 9.01. The van der Waals surface area contributed by atoms with Crippen LogP contribution in [0.25, 0.3) is 11.1 Å². The van der Waals surface area contributed by atoms with E-state index in [0.717, 1.165) is 28.0 Å². The topological polar surface area (TPSA) is 61.5 Å². The Bertz CT molecular complexity index is 879. The number of esters is 1. The molecular weight excluding hydrogens is 338 g/mol. The van der Waals surface area contributed by atoms with Crippen molar-refractivity contribution in [3.05, 3.63) is 90.0 Å². The molecule has 0 aromatic heterocycles. The van der Waals surface area contributed by atoms with E-state index in [1.54, 1.807) is 7.11 Å². The Morgan fingerprint density at radius 3 is 2.30 bits per heavy atom. The van der Waals surface area contributed by atoms with E-state index in [2.05, 4.69) is 0 Å². The summed E-state index contributed by atoms with van der Waals surface area (Å²) in [6, 6.07) is 24.6. The van der Waals surface area contributed by atoms with E-state index < -0.39 is 12.0 Å². The van der Waals surface area contributed by atoms with Gasteiger partial charge in [0, 0.05) is 0 Å². The molecule has 3 rings (SSSR count). The number of ether oxygens (including phenoxy) is 2. The van der Waals surface area contributed by atoms with Gasteiger partial charge in [-0.2, -0.15) is 0 Å². The molecule has 0 bridgehead atoms. The van der Waals surface area contributed by atoms with Gasteiger partial charge in [0.2, 0.25) is 0 Å². The highest BCUT2D eigenvalue weighted by molar-refractivity contribution is 5.77. The Kier molecular flexibility index (Phi) is 6.23. The predicted molar refractivity (Wildman–Crippen MR) is 106 cm³/mol. The summed E-state index contributed by atoms with van der Waals surface area (Å²) >= 11 is 0. The molecule has 0 aliphatic rings. The molecule has 4 nitrogen and oxygen atoms in total. The average molecular weight is 361 g/mol. The van der Waals surface area contributed by atoms with E-state index >= 15 is 0 Å².